The maximum absolute atomic E-state index is 5.05. The van der Waals surface area contributed by atoms with Crippen LogP contribution in [-0.2, 0) is 6.54 Å². The second-order valence-corrected chi connectivity index (χ2v) is 9.44. The number of fused-ring (bicyclic) bond motifs is 1. The maximum atomic E-state index is 5.05. The Bertz CT molecular complexity index is 1210. The van der Waals surface area contributed by atoms with E-state index in [9.17, 15) is 0 Å². The van der Waals surface area contributed by atoms with Crippen LogP contribution in [0.5, 0.6) is 0 Å². The minimum absolute atomic E-state index is 0.0828. The molecule has 0 bridgehead atoms. The van der Waals surface area contributed by atoms with E-state index in [1.54, 1.807) is 10.8 Å². The normalized spacial score (nSPS) is 15.0. The molecule has 0 saturated heterocycles. The van der Waals surface area contributed by atoms with Crippen LogP contribution in [0.1, 0.15) is 51.6 Å². The van der Waals surface area contributed by atoms with Crippen LogP contribution in [0.4, 0.5) is 0 Å². The zero-order valence-corrected chi connectivity index (χ0v) is 18.6. The molecule has 1 saturated carbocycles. The molecule has 0 aromatic carbocycles. The van der Waals surface area contributed by atoms with Crippen molar-refractivity contribution in [2.24, 2.45) is 0 Å². The van der Waals surface area contributed by atoms with E-state index in [0.29, 0.717) is 6.04 Å². The molecule has 160 valence electrons. The number of aromatic nitrogens is 6. The molecule has 1 N–H and O–H groups in total. The number of nitrogens with one attached hydrogen (secondary N) is 1. The van der Waals surface area contributed by atoms with Crippen molar-refractivity contribution < 1.29 is 0 Å². The number of nitrogens with zero attached hydrogens (tertiary/aromatic N) is 6. The third-order valence-electron chi connectivity index (χ3n) is 6.14. The van der Waals surface area contributed by atoms with E-state index in [1.165, 1.54) is 19.3 Å². The summed E-state index contributed by atoms with van der Waals surface area (Å²) in [6, 6.07) is 10.7. The Labute approximate surface area is 182 Å². The molecule has 31 heavy (non-hydrogen) atoms. The van der Waals surface area contributed by atoms with Crippen LogP contribution in [0, 0.1) is 6.92 Å². The molecular formula is C24H29N7. The van der Waals surface area contributed by atoms with E-state index < -0.39 is 0 Å². The number of pyridine rings is 2. The SMILES string of the molecule is Cc1cccc(-c2nc(CN(C3CCC3)C(C)(C)C)[nH]c2-c2ccc3ncnn3c2)n1. The van der Waals surface area contributed by atoms with Crippen LogP contribution < -0.4 is 0 Å². The summed E-state index contributed by atoms with van der Waals surface area (Å²) in [4.78, 5) is 20.3. The molecular weight excluding hydrogens is 386 g/mol. The summed E-state index contributed by atoms with van der Waals surface area (Å²) >= 11 is 0. The summed E-state index contributed by atoms with van der Waals surface area (Å²) in [5.74, 6) is 0.966. The Balaban J connectivity index is 1.59. The molecule has 0 amide bonds. The van der Waals surface area contributed by atoms with Crippen molar-refractivity contribution in [3.05, 3.63) is 54.4 Å². The fourth-order valence-electron chi connectivity index (χ4n) is 4.30. The molecule has 7 nitrogen and oxygen atoms in total. The van der Waals surface area contributed by atoms with Crippen LogP contribution in [0.25, 0.3) is 28.3 Å². The predicted octanol–water partition coefficient (Wildman–Crippen LogP) is 4.64. The minimum Gasteiger partial charge on any atom is -0.340 e. The molecule has 4 heterocycles. The van der Waals surface area contributed by atoms with Crippen molar-refractivity contribution in [1.82, 2.24) is 34.4 Å². The van der Waals surface area contributed by atoms with Gasteiger partial charge in [0.25, 0.3) is 0 Å². The lowest BCUT2D eigenvalue weighted by molar-refractivity contribution is 0.0294. The maximum Gasteiger partial charge on any atom is 0.155 e. The molecule has 0 atom stereocenters. The van der Waals surface area contributed by atoms with E-state index in [0.717, 1.165) is 46.4 Å². The average molecular weight is 416 g/mol. The molecule has 0 aliphatic heterocycles. The second-order valence-electron chi connectivity index (χ2n) is 9.44. The highest BCUT2D eigenvalue weighted by atomic mass is 15.3. The summed E-state index contributed by atoms with van der Waals surface area (Å²) in [5, 5.41) is 4.30. The largest absolute Gasteiger partial charge is 0.340 e. The van der Waals surface area contributed by atoms with Gasteiger partial charge in [0.15, 0.2) is 5.65 Å². The quantitative estimate of drug-likeness (QED) is 0.514. The first-order valence-electron chi connectivity index (χ1n) is 11.0. The van der Waals surface area contributed by atoms with Gasteiger partial charge in [0.05, 0.1) is 17.9 Å². The Kier molecular flexibility index (Phi) is 4.85. The predicted molar refractivity (Wildman–Crippen MR) is 121 cm³/mol. The highest BCUT2D eigenvalue weighted by Crippen LogP contribution is 2.34. The Morgan fingerprint density at radius 2 is 1.97 bits per heavy atom. The van der Waals surface area contributed by atoms with Crippen LogP contribution in [-0.4, -0.2) is 46.0 Å². The monoisotopic (exact) mass is 415 g/mol. The third-order valence-corrected chi connectivity index (χ3v) is 6.14. The summed E-state index contributed by atoms with van der Waals surface area (Å²) < 4.78 is 1.79. The van der Waals surface area contributed by atoms with Crippen molar-refractivity contribution in [3.8, 4) is 22.6 Å². The lowest BCUT2D eigenvalue weighted by Crippen LogP contribution is -2.50. The van der Waals surface area contributed by atoms with Crippen LogP contribution in [0.3, 0.4) is 0 Å². The minimum atomic E-state index is 0.0828. The number of hydrogen-bond acceptors (Lipinski definition) is 5. The zero-order chi connectivity index (χ0) is 21.6. The van der Waals surface area contributed by atoms with Crippen molar-refractivity contribution in [2.45, 2.75) is 65.1 Å². The van der Waals surface area contributed by atoms with Crippen molar-refractivity contribution in [1.29, 1.82) is 0 Å². The van der Waals surface area contributed by atoms with Gasteiger partial charge in [-0.15, -0.1) is 0 Å². The van der Waals surface area contributed by atoms with E-state index >= 15 is 0 Å². The van der Waals surface area contributed by atoms with Gasteiger partial charge in [0, 0.05) is 29.0 Å². The van der Waals surface area contributed by atoms with Crippen molar-refractivity contribution in [3.63, 3.8) is 0 Å². The lowest BCUT2D eigenvalue weighted by Gasteiger charge is -2.45. The number of aromatic amines is 1. The van der Waals surface area contributed by atoms with Gasteiger partial charge in [-0.25, -0.2) is 14.5 Å². The third kappa shape index (κ3) is 3.85. The van der Waals surface area contributed by atoms with Gasteiger partial charge in [-0.05, 0) is 64.8 Å². The number of imidazole rings is 1. The molecule has 0 radical (unpaired) electrons. The van der Waals surface area contributed by atoms with Crippen LogP contribution in [0.15, 0.2) is 42.9 Å². The van der Waals surface area contributed by atoms with Crippen molar-refractivity contribution >= 4 is 5.65 Å². The molecule has 1 aliphatic rings. The average Bonchev–Trinajstić information content (AvgIpc) is 3.31. The van der Waals surface area contributed by atoms with Gasteiger partial charge >= 0.3 is 0 Å². The van der Waals surface area contributed by atoms with E-state index in [2.05, 4.69) is 46.8 Å². The first-order valence-corrected chi connectivity index (χ1v) is 11.0. The molecule has 1 aliphatic carbocycles. The highest BCUT2D eigenvalue weighted by Gasteiger charge is 2.33. The number of hydrogen-bond donors (Lipinski definition) is 1. The van der Waals surface area contributed by atoms with Gasteiger partial charge in [-0.1, -0.05) is 12.5 Å². The van der Waals surface area contributed by atoms with E-state index in [-0.39, 0.29) is 5.54 Å². The van der Waals surface area contributed by atoms with Gasteiger partial charge in [-0.3, -0.25) is 9.88 Å². The summed E-state index contributed by atoms with van der Waals surface area (Å²) in [5.41, 5.74) is 5.62. The fourth-order valence-corrected chi connectivity index (χ4v) is 4.30. The summed E-state index contributed by atoms with van der Waals surface area (Å²) in [6.45, 7) is 9.67. The standard InChI is InChI=1S/C24H29N7/c1-16-7-5-10-19(27-16)23-22(17-11-12-21-25-15-26-31(21)13-17)28-20(29-23)14-30(24(2,3)4)18-8-6-9-18/h5,7,10-13,15,18H,6,8-9,14H2,1-4H3,(H,28,29). The number of aryl methyl sites for hydroxylation is 1. The van der Waals surface area contributed by atoms with Crippen LogP contribution >= 0.6 is 0 Å². The Hall–Kier alpha value is -3.06. The van der Waals surface area contributed by atoms with Gasteiger partial charge in [0.2, 0.25) is 0 Å². The molecule has 4 aromatic heterocycles. The second kappa shape index (κ2) is 7.57. The first kappa shape index (κ1) is 19.9. The highest BCUT2D eigenvalue weighted by molar-refractivity contribution is 5.77. The molecule has 7 heteroatoms. The van der Waals surface area contributed by atoms with Crippen molar-refractivity contribution in [2.75, 3.05) is 0 Å². The van der Waals surface area contributed by atoms with Gasteiger partial charge in [0.1, 0.15) is 17.8 Å². The zero-order valence-electron chi connectivity index (χ0n) is 18.6. The van der Waals surface area contributed by atoms with Crippen LogP contribution in [0.2, 0.25) is 0 Å². The van der Waals surface area contributed by atoms with Gasteiger partial charge in [-0.2, -0.15) is 5.10 Å². The summed E-state index contributed by atoms with van der Waals surface area (Å²) in [7, 11) is 0. The topological polar surface area (TPSA) is 75.0 Å². The first-order chi connectivity index (χ1) is 14.9. The molecule has 5 rings (SSSR count). The Morgan fingerprint density at radius 1 is 1.13 bits per heavy atom. The Morgan fingerprint density at radius 3 is 2.68 bits per heavy atom. The summed E-state index contributed by atoms with van der Waals surface area (Å²) in [6.07, 6.45) is 7.41. The molecule has 0 spiro atoms. The van der Waals surface area contributed by atoms with Gasteiger partial charge < -0.3 is 4.98 Å². The number of rotatable bonds is 5. The smallest absolute Gasteiger partial charge is 0.155 e. The molecule has 4 aromatic rings. The molecule has 0 unspecified atom stereocenters. The van der Waals surface area contributed by atoms with E-state index in [4.69, 9.17) is 9.97 Å². The lowest BCUT2D eigenvalue weighted by atomic mass is 9.88. The number of H-pyrrole nitrogens is 1. The van der Waals surface area contributed by atoms with E-state index in [1.807, 2.05) is 37.4 Å². The molecule has 1 fully saturated rings. The fraction of sp³-hybridized carbons (Fsp3) is 0.417.